The molecule has 4 nitrogen and oxygen atoms in total. The molecule has 0 heterocycles. The minimum Gasteiger partial charge on any atom is -0.465 e. The third-order valence-electron chi connectivity index (χ3n) is 3.42. The highest BCUT2D eigenvalue weighted by molar-refractivity contribution is 8.00. The monoisotopic (exact) mass is 329 g/mol. The fraction of sp³-hybridized carbons (Fsp3) is 0.222. The molecule has 1 amide bonds. The summed E-state index contributed by atoms with van der Waals surface area (Å²) in [7, 11) is 1.34. The van der Waals surface area contributed by atoms with Gasteiger partial charge in [-0.15, -0.1) is 11.8 Å². The van der Waals surface area contributed by atoms with E-state index in [9.17, 15) is 9.59 Å². The van der Waals surface area contributed by atoms with Crippen molar-refractivity contribution in [3.8, 4) is 0 Å². The molecule has 0 radical (unpaired) electrons. The Morgan fingerprint density at radius 1 is 1.09 bits per heavy atom. The zero-order valence-electron chi connectivity index (χ0n) is 13.3. The van der Waals surface area contributed by atoms with Crippen LogP contribution in [0.1, 0.15) is 22.8 Å². The Morgan fingerprint density at radius 2 is 1.78 bits per heavy atom. The molecule has 0 aromatic heterocycles. The number of rotatable bonds is 5. The van der Waals surface area contributed by atoms with Gasteiger partial charge in [0.25, 0.3) is 0 Å². The summed E-state index contributed by atoms with van der Waals surface area (Å²) in [5.41, 5.74) is 1.77. The SMILES string of the molecule is COC(=O)c1cccc(NC(=O)[C@@H](C)Sc2ccccc2)c1C. The van der Waals surface area contributed by atoms with Crippen molar-refractivity contribution in [3.05, 3.63) is 59.7 Å². The van der Waals surface area contributed by atoms with Crippen molar-refractivity contribution in [1.82, 2.24) is 0 Å². The number of ether oxygens (including phenoxy) is 1. The van der Waals surface area contributed by atoms with Gasteiger partial charge in [-0.25, -0.2) is 4.79 Å². The van der Waals surface area contributed by atoms with Crippen LogP contribution in [0.4, 0.5) is 5.69 Å². The van der Waals surface area contributed by atoms with E-state index in [4.69, 9.17) is 4.74 Å². The van der Waals surface area contributed by atoms with Crippen LogP contribution >= 0.6 is 11.8 Å². The van der Waals surface area contributed by atoms with Gasteiger partial charge in [0.15, 0.2) is 0 Å². The van der Waals surface area contributed by atoms with Gasteiger partial charge < -0.3 is 10.1 Å². The minimum atomic E-state index is -0.412. The van der Waals surface area contributed by atoms with Crippen molar-refractivity contribution >= 4 is 29.3 Å². The van der Waals surface area contributed by atoms with Crippen LogP contribution in [0.2, 0.25) is 0 Å². The second kappa shape index (κ2) is 7.83. The molecule has 2 aromatic carbocycles. The lowest BCUT2D eigenvalue weighted by Gasteiger charge is -2.15. The van der Waals surface area contributed by atoms with Crippen LogP contribution in [0.5, 0.6) is 0 Å². The van der Waals surface area contributed by atoms with Crippen LogP contribution in [0.25, 0.3) is 0 Å². The lowest BCUT2D eigenvalue weighted by molar-refractivity contribution is -0.115. The standard InChI is InChI=1S/C18H19NO3S/c1-12-15(18(21)22-3)10-7-11-16(12)19-17(20)13(2)23-14-8-5-4-6-9-14/h4-11,13H,1-3H3,(H,19,20)/t13-/m1/s1. The molecule has 0 saturated heterocycles. The van der Waals surface area contributed by atoms with E-state index in [1.807, 2.05) is 37.3 Å². The molecule has 0 bridgehead atoms. The number of nitrogens with one attached hydrogen (secondary N) is 1. The summed E-state index contributed by atoms with van der Waals surface area (Å²) in [6.07, 6.45) is 0. The van der Waals surface area contributed by atoms with E-state index in [1.165, 1.54) is 18.9 Å². The molecule has 2 rings (SSSR count). The van der Waals surface area contributed by atoms with Gasteiger partial charge in [-0.3, -0.25) is 4.79 Å². The summed E-state index contributed by atoms with van der Waals surface area (Å²) in [5, 5.41) is 2.63. The molecule has 0 aliphatic heterocycles. The highest BCUT2D eigenvalue weighted by Crippen LogP contribution is 2.25. The molecule has 120 valence electrons. The normalized spacial score (nSPS) is 11.6. The van der Waals surface area contributed by atoms with Crippen molar-refractivity contribution in [2.24, 2.45) is 0 Å². The second-order valence-electron chi connectivity index (χ2n) is 5.03. The van der Waals surface area contributed by atoms with E-state index in [-0.39, 0.29) is 11.2 Å². The fourth-order valence-electron chi connectivity index (χ4n) is 2.09. The lowest BCUT2D eigenvalue weighted by Crippen LogP contribution is -2.23. The summed E-state index contributed by atoms with van der Waals surface area (Å²) in [6.45, 7) is 3.64. The number of benzene rings is 2. The van der Waals surface area contributed by atoms with Crippen LogP contribution in [0.15, 0.2) is 53.4 Å². The van der Waals surface area contributed by atoms with E-state index >= 15 is 0 Å². The van der Waals surface area contributed by atoms with Gasteiger partial charge >= 0.3 is 5.97 Å². The maximum Gasteiger partial charge on any atom is 0.338 e. The van der Waals surface area contributed by atoms with Crippen molar-refractivity contribution < 1.29 is 14.3 Å². The van der Waals surface area contributed by atoms with Crippen molar-refractivity contribution in [2.45, 2.75) is 24.0 Å². The quantitative estimate of drug-likeness (QED) is 0.668. The number of esters is 1. The maximum absolute atomic E-state index is 12.4. The zero-order chi connectivity index (χ0) is 16.8. The van der Waals surface area contributed by atoms with Crippen LogP contribution in [0.3, 0.4) is 0 Å². The van der Waals surface area contributed by atoms with Crippen molar-refractivity contribution in [2.75, 3.05) is 12.4 Å². The first-order valence-corrected chi connectivity index (χ1v) is 8.11. The lowest BCUT2D eigenvalue weighted by atomic mass is 10.1. The number of anilines is 1. The molecule has 0 fully saturated rings. The van der Waals surface area contributed by atoms with Gasteiger partial charge in [0.05, 0.1) is 17.9 Å². The summed E-state index contributed by atoms with van der Waals surface area (Å²) in [6, 6.07) is 14.9. The van der Waals surface area contributed by atoms with Crippen LogP contribution in [-0.2, 0) is 9.53 Å². The fourth-order valence-corrected chi connectivity index (χ4v) is 2.98. The maximum atomic E-state index is 12.4. The molecule has 0 aliphatic rings. The van der Waals surface area contributed by atoms with Gasteiger partial charge in [0.2, 0.25) is 5.91 Å². The number of methoxy groups -OCH3 is 1. The average Bonchev–Trinajstić information content (AvgIpc) is 2.57. The average molecular weight is 329 g/mol. The summed E-state index contributed by atoms with van der Waals surface area (Å²) < 4.78 is 4.75. The summed E-state index contributed by atoms with van der Waals surface area (Å²) in [4.78, 5) is 25.1. The minimum absolute atomic E-state index is 0.107. The third kappa shape index (κ3) is 4.36. The van der Waals surface area contributed by atoms with Crippen molar-refractivity contribution in [1.29, 1.82) is 0 Å². The Labute approximate surface area is 140 Å². The second-order valence-corrected chi connectivity index (χ2v) is 6.45. The van der Waals surface area contributed by atoms with Gasteiger partial charge in [-0.2, -0.15) is 0 Å². The van der Waals surface area contributed by atoms with Gasteiger partial charge in [-0.05, 0) is 43.7 Å². The van der Waals surface area contributed by atoms with Gasteiger partial charge in [0.1, 0.15) is 0 Å². The van der Waals surface area contributed by atoms with Gasteiger partial charge in [-0.1, -0.05) is 24.3 Å². The summed E-state index contributed by atoms with van der Waals surface area (Å²) >= 11 is 1.49. The number of amides is 1. The highest BCUT2D eigenvalue weighted by Gasteiger charge is 2.17. The summed E-state index contributed by atoms with van der Waals surface area (Å²) in [5.74, 6) is -0.519. The molecule has 0 saturated carbocycles. The molecule has 2 aromatic rings. The Bertz CT molecular complexity index is 701. The Morgan fingerprint density at radius 3 is 2.43 bits per heavy atom. The topological polar surface area (TPSA) is 55.4 Å². The first-order chi connectivity index (χ1) is 11.0. The largest absolute Gasteiger partial charge is 0.465 e. The number of thioether (sulfide) groups is 1. The first-order valence-electron chi connectivity index (χ1n) is 7.23. The molecule has 5 heteroatoms. The molecule has 0 unspecified atom stereocenters. The molecule has 1 N–H and O–H groups in total. The van der Waals surface area contributed by atoms with Crippen LogP contribution in [0, 0.1) is 6.92 Å². The first kappa shape index (κ1) is 17.1. The van der Waals surface area contributed by atoms with E-state index < -0.39 is 5.97 Å². The van der Waals surface area contributed by atoms with Crippen LogP contribution in [-0.4, -0.2) is 24.2 Å². The molecular formula is C18H19NO3S. The third-order valence-corrected chi connectivity index (χ3v) is 4.53. The van der Waals surface area contributed by atoms with Gasteiger partial charge in [0, 0.05) is 10.6 Å². The molecular weight excluding hydrogens is 310 g/mol. The number of carbonyl (C=O) groups excluding carboxylic acids is 2. The smallest absolute Gasteiger partial charge is 0.338 e. The Hall–Kier alpha value is -2.27. The number of hydrogen-bond donors (Lipinski definition) is 1. The molecule has 1 atom stereocenters. The molecule has 0 aliphatic carbocycles. The van der Waals surface area contributed by atoms with E-state index in [0.29, 0.717) is 16.8 Å². The highest BCUT2D eigenvalue weighted by atomic mass is 32.2. The Balaban J connectivity index is 2.09. The van der Waals surface area contributed by atoms with Crippen LogP contribution < -0.4 is 5.32 Å². The van der Waals surface area contributed by atoms with E-state index in [1.54, 1.807) is 25.1 Å². The zero-order valence-corrected chi connectivity index (χ0v) is 14.1. The predicted octanol–water partition coefficient (Wildman–Crippen LogP) is 3.90. The number of hydrogen-bond acceptors (Lipinski definition) is 4. The van der Waals surface area contributed by atoms with Crippen molar-refractivity contribution in [3.63, 3.8) is 0 Å². The molecule has 0 spiro atoms. The predicted molar refractivity (Wildman–Crippen MR) is 92.9 cm³/mol. The molecule has 23 heavy (non-hydrogen) atoms. The number of carbonyl (C=O) groups is 2. The van der Waals surface area contributed by atoms with E-state index in [2.05, 4.69) is 5.32 Å². The van der Waals surface area contributed by atoms with E-state index in [0.717, 1.165) is 4.90 Å². The Kier molecular flexibility index (Phi) is 5.82.